The molecule has 0 saturated heterocycles. The Morgan fingerprint density at radius 3 is 2.32 bits per heavy atom. The fourth-order valence-corrected chi connectivity index (χ4v) is 3.58. The van der Waals surface area contributed by atoms with Crippen molar-refractivity contribution in [2.24, 2.45) is 0 Å². The normalized spacial score (nSPS) is 12.0. The second-order valence-electron chi connectivity index (χ2n) is 9.57. The van der Waals surface area contributed by atoms with Gasteiger partial charge in [0.1, 0.15) is 24.9 Å². The Bertz CT molecular complexity index is 1230. The van der Waals surface area contributed by atoms with Gasteiger partial charge >= 0.3 is 5.97 Å². The van der Waals surface area contributed by atoms with Crippen LogP contribution in [0.1, 0.15) is 44.9 Å². The molecule has 0 aliphatic rings. The van der Waals surface area contributed by atoms with E-state index < -0.39 is 35.9 Å². The zero-order chi connectivity index (χ0) is 27.2. The number of aryl methyl sites for hydroxylation is 1. The number of benzene rings is 2. The molecule has 2 N–H and O–H groups in total. The molecule has 1 aromatic heterocycles. The summed E-state index contributed by atoms with van der Waals surface area (Å²) in [4.78, 5) is 41.7. The van der Waals surface area contributed by atoms with Gasteiger partial charge in [-0.2, -0.15) is 4.80 Å². The molecule has 11 nitrogen and oxygen atoms in total. The van der Waals surface area contributed by atoms with Crippen LogP contribution in [0.25, 0.3) is 11.4 Å². The third kappa shape index (κ3) is 7.60. The molecule has 1 atom stereocenters. The molecule has 0 spiro atoms. The van der Waals surface area contributed by atoms with Crippen molar-refractivity contribution in [3.8, 4) is 17.1 Å². The summed E-state index contributed by atoms with van der Waals surface area (Å²) in [7, 11) is 0. The van der Waals surface area contributed by atoms with Gasteiger partial charge in [-0.05, 0) is 57.5 Å². The van der Waals surface area contributed by atoms with E-state index >= 15 is 0 Å². The molecule has 11 heteroatoms. The number of aromatic hydroxyl groups is 1. The van der Waals surface area contributed by atoms with Crippen LogP contribution < -0.4 is 5.32 Å². The first kappa shape index (κ1) is 27.3. The molecule has 3 rings (SSSR count). The van der Waals surface area contributed by atoms with Gasteiger partial charge in [0.05, 0.1) is 6.61 Å². The molecule has 2 amide bonds. The summed E-state index contributed by atoms with van der Waals surface area (Å²) < 4.78 is 5.08. The Morgan fingerprint density at radius 1 is 1.08 bits per heavy atom. The van der Waals surface area contributed by atoms with Gasteiger partial charge in [0.25, 0.3) is 0 Å². The largest absolute Gasteiger partial charge is 0.508 e. The second kappa shape index (κ2) is 11.6. The van der Waals surface area contributed by atoms with E-state index in [0.29, 0.717) is 11.4 Å². The van der Waals surface area contributed by atoms with Gasteiger partial charge in [0.2, 0.25) is 17.6 Å². The fourth-order valence-electron chi connectivity index (χ4n) is 3.58. The zero-order valence-electron chi connectivity index (χ0n) is 21.6. The van der Waals surface area contributed by atoms with Crippen LogP contribution in [0.5, 0.6) is 5.75 Å². The van der Waals surface area contributed by atoms with Crippen LogP contribution in [0.15, 0.2) is 48.5 Å². The lowest BCUT2D eigenvalue weighted by atomic mass is 10.0. The van der Waals surface area contributed by atoms with Crippen molar-refractivity contribution in [2.45, 2.75) is 52.7 Å². The Labute approximate surface area is 215 Å². The topological polar surface area (TPSA) is 140 Å². The molecule has 1 unspecified atom stereocenters. The van der Waals surface area contributed by atoms with E-state index in [2.05, 4.69) is 20.7 Å². The number of nitrogens with zero attached hydrogens (tertiary/aromatic N) is 5. The molecular formula is C26H32N6O5. The molecule has 0 aliphatic carbocycles. The van der Waals surface area contributed by atoms with Crippen LogP contribution in [0.3, 0.4) is 0 Å². The first-order valence-corrected chi connectivity index (χ1v) is 11.9. The summed E-state index contributed by atoms with van der Waals surface area (Å²) in [6.45, 7) is 8.31. The van der Waals surface area contributed by atoms with E-state index in [1.807, 2.05) is 52.0 Å². The van der Waals surface area contributed by atoms with Crippen LogP contribution >= 0.6 is 0 Å². The summed E-state index contributed by atoms with van der Waals surface area (Å²) in [6, 6.07) is 12.2. The zero-order valence-corrected chi connectivity index (χ0v) is 21.6. The average molecular weight is 509 g/mol. The molecule has 196 valence electrons. The summed E-state index contributed by atoms with van der Waals surface area (Å²) in [6.07, 6.45) is 0. The third-order valence-electron chi connectivity index (χ3n) is 5.23. The van der Waals surface area contributed by atoms with Crippen molar-refractivity contribution in [3.05, 3.63) is 59.7 Å². The SMILES string of the molecule is CCOC(=O)CN(C(=O)Cn1nnc(-c2ccc(C)cc2)n1)C(C(=O)NC(C)(C)C)c1ccc(O)cc1. The molecule has 3 aromatic rings. The van der Waals surface area contributed by atoms with Gasteiger partial charge in [-0.15, -0.1) is 10.2 Å². The maximum Gasteiger partial charge on any atom is 0.325 e. The number of tetrazole rings is 1. The fraction of sp³-hybridized carbons (Fsp3) is 0.385. The maximum atomic E-state index is 13.6. The maximum absolute atomic E-state index is 13.6. The molecule has 1 heterocycles. The Balaban J connectivity index is 1.95. The molecule has 0 bridgehead atoms. The summed E-state index contributed by atoms with van der Waals surface area (Å²) >= 11 is 0. The minimum Gasteiger partial charge on any atom is -0.508 e. The van der Waals surface area contributed by atoms with Crippen molar-refractivity contribution in [1.29, 1.82) is 0 Å². The first-order chi connectivity index (χ1) is 17.5. The van der Waals surface area contributed by atoms with Crippen LogP contribution in [0.2, 0.25) is 0 Å². The lowest BCUT2D eigenvalue weighted by Gasteiger charge is -2.33. The van der Waals surface area contributed by atoms with Gasteiger partial charge in [0, 0.05) is 11.1 Å². The van der Waals surface area contributed by atoms with Crippen molar-refractivity contribution < 1.29 is 24.2 Å². The number of aromatic nitrogens is 4. The monoisotopic (exact) mass is 508 g/mol. The van der Waals surface area contributed by atoms with E-state index in [-0.39, 0.29) is 18.9 Å². The molecule has 0 fully saturated rings. The van der Waals surface area contributed by atoms with Crippen molar-refractivity contribution >= 4 is 17.8 Å². The van der Waals surface area contributed by atoms with Gasteiger partial charge in [0.15, 0.2) is 0 Å². The van der Waals surface area contributed by atoms with E-state index in [4.69, 9.17) is 4.74 Å². The first-order valence-electron chi connectivity index (χ1n) is 11.9. The van der Waals surface area contributed by atoms with Gasteiger partial charge in [-0.25, -0.2) is 0 Å². The number of amides is 2. The molecule has 37 heavy (non-hydrogen) atoms. The van der Waals surface area contributed by atoms with Gasteiger partial charge < -0.3 is 20.1 Å². The van der Waals surface area contributed by atoms with E-state index in [1.54, 1.807) is 6.92 Å². The second-order valence-corrected chi connectivity index (χ2v) is 9.57. The van der Waals surface area contributed by atoms with E-state index in [0.717, 1.165) is 20.8 Å². The summed E-state index contributed by atoms with van der Waals surface area (Å²) in [5, 5.41) is 24.9. The smallest absolute Gasteiger partial charge is 0.325 e. The van der Waals surface area contributed by atoms with Gasteiger partial charge in [-0.1, -0.05) is 42.0 Å². The standard InChI is InChI=1S/C26H32N6O5/c1-6-37-22(35)16-31(23(25(36)27-26(3,4)5)18-11-13-20(33)14-12-18)21(34)15-32-29-24(28-30-32)19-9-7-17(2)8-10-19/h7-14,23,33H,6,15-16H2,1-5H3,(H,27,36). The molecular weight excluding hydrogens is 476 g/mol. The highest BCUT2D eigenvalue weighted by molar-refractivity contribution is 5.91. The molecule has 2 aromatic carbocycles. The molecule has 0 saturated carbocycles. The Kier molecular flexibility index (Phi) is 8.59. The van der Waals surface area contributed by atoms with Crippen molar-refractivity contribution in [1.82, 2.24) is 30.4 Å². The highest BCUT2D eigenvalue weighted by Crippen LogP contribution is 2.25. The lowest BCUT2D eigenvalue weighted by Crippen LogP contribution is -2.51. The van der Waals surface area contributed by atoms with E-state index in [9.17, 15) is 19.5 Å². The van der Waals surface area contributed by atoms with Crippen LogP contribution in [0.4, 0.5) is 0 Å². The van der Waals surface area contributed by atoms with Crippen molar-refractivity contribution in [3.63, 3.8) is 0 Å². The van der Waals surface area contributed by atoms with Crippen LogP contribution in [0, 0.1) is 6.92 Å². The Hall–Kier alpha value is -4.28. The highest BCUT2D eigenvalue weighted by Gasteiger charge is 2.35. The third-order valence-corrected chi connectivity index (χ3v) is 5.23. The Morgan fingerprint density at radius 2 is 1.73 bits per heavy atom. The predicted molar refractivity (Wildman–Crippen MR) is 135 cm³/mol. The molecule has 0 aliphatic heterocycles. The summed E-state index contributed by atoms with van der Waals surface area (Å²) in [5.41, 5.74) is 1.61. The number of ether oxygens (including phenoxy) is 1. The minimum atomic E-state index is -1.18. The summed E-state index contributed by atoms with van der Waals surface area (Å²) in [5.74, 6) is -1.43. The predicted octanol–water partition coefficient (Wildman–Crippen LogP) is 2.40. The number of phenols is 1. The quantitative estimate of drug-likeness (QED) is 0.420. The van der Waals surface area contributed by atoms with Crippen molar-refractivity contribution in [2.75, 3.05) is 13.2 Å². The number of carbonyl (C=O) groups excluding carboxylic acids is 3. The van der Waals surface area contributed by atoms with Crippen LogP contribution in [-0.2, 0) is 25.7 Å². The number of nitrogens with one attached hydrogen (secondary N) is 1. The number of phenolic OH excluding ortho intramolecular Hbond substituents is 1. The molecule has 0 radical (unpaired) electrons. The minimum absolute atomic E-state index is 0.00236. The highest BCUT2D eigenvalue weighted by atomic mass is 16.5. The number of hydrogen-bond donors (Lipinski definition) is 2. The van der Waals surface area contributed by atoms with E-state index in [1.165, 1.54) is 24.3 Å². The van der Waals surface area contributed by atoms with Gasteiger partial charge in [-0.3, -0.25) is 14.4 Å². The number of rotatable bonds is 9. The van der Waals surface area contributed by atoms with Crippen LogP contribution in [-0.4, -0.2) is 66.7 Å². The number of esters is 1. The average Bonchev–Trinajstić information content (AvgIpc) is 3.27. The number of carbonyl (C=O) groups is 3. The lowest BCUT2D eigenvalue weighted by molar-refractivity contribution is -0.153. The number of hydrogen-bond acceptors (Lipinski definition) is 8.